The molecule has 1 nitrogen and oxygen atoms in total. The first-order chi connectivity index (χ1) is 20.6. The molecule has 4 aromatic rings. The number of ether oxygens (including phenoxy) is 1. The van der Waals surface area contributed by atoms with Crippen molar-refractivity contribution in [3.05, 3.63) is 102 Å². The highest BCUT2D eigenvalue weighted by molar-refractivity contribution is 5.74. The van der Waals surface area contributed by atoms with E-state index in [1.165, 1.54) is 69.8 Å². The summed E-state index contributed by atoms with van der Waals surface area (Å²) in [6.07, 6.45) is 14.7. The third-order valence-electron chi connectivity index (χ3n) is 8.07. The minimum absolute atomic E-state index is 0.269. The minimum atomic E-state index is -0.812. The number of benzene rings is 4. The maximum atomic E-state index is 15.3. The fourth-order valence-corrected chi connectivity index (χ4v) is 5.44. The fraction of sp³-hybridized carbons (Fsp3) is 0.385. The van der Waals surface area contributed by atoms with Gasteiger partial charge >= 0.3 is 0 Å². The quantitative estimate of drug-likeness (QED) is 0.115. The number of halogens is 2. The Bertz CT molecular complexity index is 1340. The molecule has 3 heteroatoms. The molecule has 0 aromatic heterocycles. The molecule has 0 saturated heterocycles. The van der Waals surface area contributed by atoms with Gasteiger partial charge in [0.1, 0.15) is 5.75 Å². The first-order valence-corrected chi connectivity index (χ1v) is 16.0. The van der Waals surface area contributed by atoms with Crippen molar-refractivity contribution in [2.75, 3.05) is 6.61 Å². The zero-order chi connectivity index (χ0) is 29.6. The zero-order valence-electron chi connectivity index (χ0n) is 25.4. The van der Waals surface area contributed by atoms with E-state index in [0.29, 0.717) is 16.7 Å². The highest BCUT2D eigenvalue weighted by Crippen LogP contribution is 2.33. The maximum absolute atomic E-state index is 15.3. The van der Waals surface area contributed by atoms with Gasteiger partial charge < -0.3 is 4.74 Å². The van der Waals surface area contributed by atoms with Crippen LogP contribution in [0.3, 0.4) is 0 Å². The monoisotopic (exact) mass is 568 g/mol. The molecule has 0 aliphatic carbocycles. The van der Waals surface area contributed by atoms with Crippen LogP contribution in [0.1, 0.15) is 90.0 Å². The summed E-state index contributed by atoms with van der Waals surface area (Å²) >= 11 is 0. The lowest BCUT2D eigenvalue weighted by molar-refractivity contribution is 0.304. The van der Waals surface area contributed by atoms with Crippen molar-refractivity contribution >= 4 is 0 Å². The van der Waals surface area contributed by atoms with Gasteiger partial charge in [-0.05, 0) is 59.2 Å². The summed E-state index contributed by atoms with van der Waals surface area (Å²) in [6.45, 7) is 5.19. The van der Waals surface area contributed by atoms with E-state index >= 15 is 8.78 Å². The summed E-state index contributed by atoms with van der Waals surface area (Å²) < 4.78 is 36.4. The molecule has 0 spiro atoms. The molecule has 0 saturated carbocycles. The van der Waals surface area contributed by atoms with Gasteiger partial charge in [0, 0.05) is 11.1 Å². The van der Waals surface area contributed by atoms with E-state index in [1.54, 1.807) is 12.1 Å². The maximum Gasteiger partial charge on any atom is 0.167 e. The lowest BCUT2D eigenvalue weighted by atomic mass is 9.96. The highest BCUT2D eigenvalue weighted by Gasteiger charge is 2.16. The van der Waals surface area contributed by atoms with Gasteiger partial charge in [0.2, 0.25) is 0 Å². The predicted octanol–water partition coefficient (Wildman–Crippen LogP) is 12.2. The number of hydrogen-bond acceptors (Lipinski definition) is 1. The number of unbranched alkanes of at least 4 members (excludes halogenated alkanes) is 9. The normalized spacial score (nSPS) is 11.1. The molecule has 0 unspecified atom stereocenters. The van der Waals surface area contributed by atoms with Gasteiger partial charge in [0.15, 0.2) is 11.6 Å². The topological polar surface area (TPSA) is 9.23 Å². The molecule has 0 aliphatic heterocycles. The predicted molar refractivity (Wildman–Crippen MR) is 174 cm³/mol. The molecular weight excluding hydrogens is 522 g/mol. The molecule has 0 aliphatic rings. The van der Waals surface area contributed by atoms with Gasteiger partial charge in [0.25, 0.3) is 0 Å². The van der Waals surface area contributed by atoms with E-state index in [1.807, 2.05) is 72.8 Å². The van der Waals surface area contributed by atoms with E-state index in [-0.39, 0.29) is 5.56 Å². The first-order valence-electron chi connectivity index (χ1n) is 16.0. The Labute approximate surface area is 252 Å². The summed E-state index contributed by atoms with van der Waals surface area (Å²) in [5.74, 6) is -0.746. The molecule has 0 heterocycles. The Morgan fingerprint density at radius 2 is 0.881 bits per heavy atom. The van der Waals surface area contributed by atoms with Crippen molar-refractivity contribution in [2.24, 2.45) is 0 Å². The average molecular weight is 569 g/mol. The summed E-state index contributed by atoms with van der Waals surface area (Å²) in [5.41, 5.74) is 5.23. The third-order valence-corrected chi connectivity index (χ3v) is 8.07. The van der Waals surface area contributed by atoms with Gasteiger partial charge in [-0.3, -0.25) is 0 Å². The van der Waals surface area contributed by atoms with Crippen LogP contribution in [-0.4, -0.2) is 6.61 Å². The molecule has 0 amide bonds. The Morgan fingerprint density at radius 3 is 1.43 bits per heavy atom. The second-order valence-corrected chi connectivity index (χ2v) is 11.4. The van der Waals surface area contributed by atoms with Crippen molar-refractivity contribution in [3.63, 3.8) is 0 Å². The fourth-order valence-electron chi connectivity index (χ4n) is 5.44. The minimum Gasteiger partial charge on any atom is -0.494 e. The Kier molecular flexibility index (Phi) is 12.6. The Hall–Kier alpha value is -3.46. The molecule has 42 heavy (non-hydrogen) atoms. The van der Waals surface area contributed by atoms with Gasteiger partial charge in [-0.15, -0.1) is 0 Å². The zero-order valence-corrected chi connectivity index (χ0v) is 25.4. The van der Waals surface area contributed by atoms with Crippen LogP contribution in [0.25, 0.3) is 33.4 Å². The Balaban J connectivity index is 1.35. The highest BCUT2D eigenvalue weighted by atomic mass is 19.2. The summed E-state index contributed by atoms with van der Waals surface area (Å²) in [4.78, 5) is 0. The largest absolute Gasteiger partial charge is 0.494 e. The van der Waals surface area contributed by atoms with Crippen LogP contribution < -0.4 is 4.74 Å². The van der Waals surface area contributed by atoms with E-state index in [9.17, 15) is 0 Å². The van der Waals surface area contributed by atoms with E-state index in [4.69, 9.17) is 4.74 Å². The summed E-state index contributed by atoms with van der Waals surface area (Å²) in [6, 6.07) is 26.9. The van der Waals surface area contributed by atoms with Crippen molar-refractivity contribution in [1.82, 2.24) is 0 Å². The van der Waals surface area contributed by atoms with Gasteiger partial charge in [0.05, 0.1) is 6.61 Å². The molecule has 0 atom stereocenters. The third kappa shape index (κ3) is 9.02. The van der Waals surface area contributed by atoms with E-state index < -0.39 is 11.6 Å². The van der Waals surface area contributed by atoms with Crippen LogP contribution in [0.15, 0.2) is 84.9 Å². The van der Waals surface area contributed by atoms with Crippen LogP contribution in [0, 0.1) is 11.6 Å². The average Bonchev–Trinajstić information content (AvgIpc) is 3.03. The molecule has 0 radical (unpaired) electrons. The summed E-state index contributed by atoms with van der Waals surface area (Å²) in [5, 5.41) is 0. The van der Waals surface area contributed by atoms with Crippen LogP contribution in [-0.2, 0) is 6.42 Å². The SMILES string of the molecule is CCCCCCCCc1ccc(-c2ccc(-c3ccc(-c4ccc(OCCCCCCC)cc4)cc3)c(F)c2F)cc1. The van der Waals surface area contributed by atoms with Gasteiger partial charge in [-0.1, -0.05) is 144 Å². The van der Waals surface area contributed by atoms with Crippen LogP contribution in [0.2, 0.25) is 0 Å². The first kappa shape index (κ1) is 31.5. The summed E-state index contributed by atoms with van der Waals surface area (Å²) in [7, 11) is 0. The lowest BCUT2D eigenvalue weighted by Crippen LogP contribution is -1.97. The molecule has 4 rings (SSSR count). The molecular formula is C39H46F2O. The van der Waals surface area contributed by atoms with E-state index in [0.717, 1.165) is 36.3 Å². The van der Waals surface area contributed by atoms with Crippen LogP contribution in [0.5, 0.6) is 5.75 Å². The van der Waals surface area contributed by atoms with Crippen LogP contribution in [0.4, 0.5) is 8.78 Å². The van der Waals surface area contributed by atoms with Crippen LogP contribution >= 0.6 is 0 Å². The number of aryl methyl sites for hydroxylation is 1. The number of hydrogen-bond donors (Lipinski definition) is 0. The Morgan fingerprint density at radius 1 is 0.452 bits per heavy atom. The standard InChI is InChI=1S/C39H46F2O/c1-3-5-7-9-10-12-14-30-15-17-33(18-16-30)36-27-28-37(39(41)38(36)40)34-21-19-31(20-22-34)32-23-25-35(26-24-32)42-29-13-11-8-6-4-2/h15-28H,3-14,29H2,1-2H3. The van der Waals surface area contributed by atoms with E-state index in [2.05, 4.69) is 13.8 Å². The van der Waals surface area contributed by atoms with Crippen molar-refractivity contribution in [3.8, 4) is 39.1 Å². The lowest BCUT2D eigenvalue weighted by Gasteiger charge is -2.11. The van der Waals surface area contributed by atoms with Gasteiger partial charge in [-0.2, -0.15) is 0 Å². The smallest absolute Gasteiger partial charge is 0.167 e. The van der Waals surface area contributed by atoms with Gasteiger partial charge in [-0.25, -0.2) is 8.78 Å². The second-order valence-electron chi connectivity index (χ2n) is 11.4. The molecule has 4 aromatic carbocycles. The number of rotatable bonds is 17. The molecule has 0 bridgehead atoms. The second kappa shape index (κ2) is 16.9. The molecule has 0 N–H and O–H groups in total. The van der Waals surface area contributed by atoms with Crippen molar-refractivity contribution in [1.29, 1.82) is 0 Å². The molecule has 0 fully saturated rings. The van der Waals surface area contributed by atoms with Crippen molar-refractivity contribution in [2.45, 2.75) is 90.9 Å². The van der Waals surface area contributed by atoms with Crippen molar-refractivity contribution < 1.29 is 13.5 Å². The molecule has 222 valence electrons.